The van der Waals surface area contributed by atoms with Crippen LogP contribution in [0.25, 0.3) is 5.69 Å². The second-order valence-corrected chi connectivity index (χ2v) is 6.47. The molecule has 1 aromatic carbocycles. The van der Waals surface area contributed by atoms with Gasteiger partial charge in [-0.1, -0.05) is 5.21 Å². The molecule has 1 aliphatic rings. The smallest absolute Gasteiger partial charge is 0.387 e. The second kappa shape index (κ2) is 8.51. The molecule has 1 atom stereocenters. The molecule has 8 nitrogen and oxygen atoms in total. The maximum Gasteiger partial charge on any atom is 0.387 e. The summed E-state index contributed by atoms with van der Waals surface area (Å²) >= 11 is 0. The number of hydrogen-bond acceptors (Lipinski definition) is 7. The molecule has 1 aliphatic heterocycles. The van der Waals surface area contributed by atoms with Crippen LogP contribution >= 0.6 is 0 Å². The van der Waals surface area contributed by atoms with E-state index >= 15 is 0 Å². The molecule has 3 heterocycles. The number of nitrogens with zero attached hydrogens (tertiary/aromatic N) is 6. The number of rotatable bonds is 7. The van der Waals surface area contributed by atoms with Crippen molar-refractivity contribution in [2.24, 2.45) is 0 Å². The standard InChI is InChI=1S/C18H16F4N6O2/c19-11-4-6-27(8-11)16-3-5-23-18(24-16)29-10-12-9-28(26-25-12)13-1-2-14(20)15(7-13)30-17(21)22/h1-3,5,7,9,11,17H,4,6,8,10H2. The van der Waals surface area contributed by atoms with Crippen LogP contribution in [0, 0.1) is 5.82 Å². The molecule has 0 saturated carbocycles. The molecule has 0 spiro atoms. The Labute approximate surface area is 168 Å². The van der Waals surface area contributed by atoms with Gasteiger partial charge in [-0.15, -0.1) is 5.10 Å². The highest BCUT2D eigenvalue weighted by atomic mass is 19.3. The fourth-order valence-corrected chi connectivity index (χ4v) is 2.95. The van der Waals surface area contributed by atoms with E-state index in [9.17, 15) is 17.6 Å². The van der Waals surface area contributed by atoms with Crippen LogP contribution in [0.2, 0.25) is 0 Å². The summed E-state index contributed by atoms with van der Waals surface area (Å²) in [6.45, 7) is -2.32. The molecule has 2 aromatic heterocycles. The average Bonchev–Trinajstić information content (AvgIpc) is 3.37. The highest BCUT2D eigenvalue weighted by molar-refractivity contribution is 5.40. The van der Waals surface area contributed by atoms with Gasteiger partial charge < -0.3 is 14.4 Å². The van der Waals surface area contributed by atoms with E-state index in [1.54, 1.807) is 6.07 Å². The van der Waals surface area contributed by atoms with Crippen molar-refractivity contribution < 1.29 is 27.0 Å². The van der Waals surface area contributed by atoms with Crippen molar-refractivity contribution >= 4 is 5.82 Å². The number of hydrogen-bond donors (Lipinski definition) is 0. The van der Waals surface area contributed by atoms with Gasteiger partial charge in [-0.2, -0.15) is 13.8 Å². The normalized spacial score (nSPS) is 16.3. The number of anilines is 1. The van der Waals surface area contributed by atoms with Gasteiger partial charge >= 0.3 is 12.6 Å². The minimum Gasteiger partial charge on any atom is -0.457 e. The van der Waals surface area contributed by atoms with Crippen LogP contribution in [-0.2, 0) is 6.61 Å². The van der Waals surface area contributed by atoms with E-state index in [1.807, 2.05) is 4.90 Å². The van der Waals surface area contributed by atoms with Gasteiger partial charge in [0, 0.05) is 18.8 Å². The van der Waals surface area contributed by atoms with E-state index in [0.717, 1.165) is 12.1 Å². The number of benzene rings is 1. The summed E-state index contributed by atoms with van der Waals surface area (Å²) in [5.74, 6) is -0.947. The molecule has 1 unspecified atom stereocenters. The number of halogens is 4. The van der Waals surface area contributed by atoms with Crippen molar-refractivity contribution in [1.29, 1.82) is 0 Å². The lowest BCUT2D eigenvalue weighted by Gasteiger charge is -2.16. The van der Waals surface area contributed by atoms with Crippen LogP contribution in [0.4, 0.5) is 23.4 Å². The second-order valence-electron chi connectivity index (χ2n) is 6.47. The van der Waals surface area contributed by atoms with E-state index in [4.69, 9.17) is 4.74 Å². The topological polar surface area (TPSA) is 78.2 Å². The molecule has 3 aromatic rings. The summed E-state index contributed by atoms with van der Waals surface area (Å²) < 4.78 is 62.6. The molecule has 0 amide bonds. The first kappa shape index (κ1) is 19.9. The Morgan fingerprint density at radius 3 is 2.87 bits per heavy atom. The van der Waals surface area contributed by atoms with Gasteiger partial charge in [0.25, 0.3) is 0 Å². The Balaban J connectivity index is 1.42. The van der Waals surface area contributed by atoms with Crippen molar-refractivity contribution in [3.63, 3.8) is 0 Å². The monoisotopic (exact) mass is 424 g/mol. The van der Waals surface area contributed by atoms with Crippen molar-refractivity contribution in [2.75, 3.05) is 18.0 Å². The highest BCUT2D eigenvalue weighted by Crippen LogP contribution is 2.23. The number of ether oxygens (including phenoxy) is 2. The Morgan fingerprint density at radius 2 is 2.10 bits per heavy atom. The van der Waals surface area contributed by atoms with Gasteiger partial charge in [0.2, 0.25) is 0 Å². The molecule has 12 heteroatoms. The fourth-order valence-electron chi connectivity index (χ4n) is 2.95. The van der Waals surface area contributed by atoms with E-state index in [-0.39, 0.29) is 24.8 Å². The summed E-state index contributed by atoms with van der Waals surface area (Å²) in [4.78, 5) is 10.1. The molecule has 158 valence electrons. The van der Waals surface area contributed by atoms with Gasteiger partial charge in [0.15, 0.2) is 11.6 Å². The Hall–Kier alpha value is -3.44. The minimum absolute atomic E-state index is 0.0171. The Morgan fingerprint density at radius 1 is 1.23 bits per heavy atom. The lowest BCUT2D eigenvalue weighted by atomic mass is 10.3. The lowest BCUT2D eigenvalue weighted by molar-refractivity contribution is -0.0521. The molecule has 0 N–H and O–H groups in total. The fraction of sp³-hybridized carbons (Fsp3) is 0.333. The maximum absolute atomic E-state index is 13.6. The summed E-state index contributed by atoms with van der Waals surface area (Å²) in [5.41, 5.74) is 0.675. The quantitative estimate of drug-likeness (QED) is 0.540. The van der Waals surface area contributed by atoms with E-state index in [0.29, 0.717) is 24.5 Å². The molecule has 4 rings (SSSR count). The van der Waals surface area contributed by atoms with Crippen LogP contribution in [0.15, 0.2) is 36.7 Å². The zero-order valence-electron chi connectivity index (χ0n) is 15.5. The van der Waals surface area contributed by atoms with E-state index in [1.165, 1.54) is 23.1 Å². The summed E-state index contributed by atoms with van der Waals surface area (Å²) in [6, 6.07) is 5.19. The SMILES string of the molecule is Fc1ccc(-n2cc(COc3nccc(N4CCC(F)C4)n3)nn2)cc1OC(F)F. The summed E-state index contributed by atoms with van der Waals surface area (Å²) in [7, 11) is 0. The van der Waals surface area contributed by atoms with Crippen LogP contribution in [0.5, 0.6) is 11.8 Å². The van der Waals surface area contributed by atoms with Crippen LogP contribution in [0.1, 0.15) is 12.1 Å². The van der Waals surface area contributed by atoms with Gasteiger partial charge in [0.1, 0.15) is 24.3 Å². The van der Waals surface area contributed by atoms with Crippen LogP contribution in [-0.4, -0.2) is 50.8 Å². The van der Waals surface area contributed by atoms with Crippen molar-refractivity contribution in [3.8, 4) is 17.4 Å². The number of alkyl halides is 3. The molecule has 0 bridgehead atoms. The highest BCUT2D eigenvalue weighted by Gasteiger charge is 2.23. The Kier molecular flexibility index (Phi) is 5.63. The maximum atomic E-state index is 13.6. The average molecular weight is 424 g/mol. The lowest BCUT2D eigenvalue weighted by Crippen LogP contribution is -2.21. The largest absolute Gasteiger partial charge is 0.457 e. The van der Waals surface area contributed by atoms with Crippen molar-refractivity contribution in [3.05, 3.63) is 48.2 Å². The molecular weight excluding hydrogens is 408 g/mol. The number of aromatic nitrogens is 5. The van der Waals surface area contributed by atoms with Crippen LogP contribution in [0.3, 0.4) is 0 Å². The van der Waals surface area contributed by atoms with E-state index < -0.39 is 24.3 Å². The zero-order chi connectivity index (χ0) is 21.1. The molecule has 1 fully saturated rings. The molecule has 0 aliphatic carbocycles. The van der Waals surface area contributed by atoms with Crippen molar-refractivity contribution in [1.82, 2.24) is 25.0 Å². The molecule has 1 saturated heterocycles. The van der Waals surface area contributed by atoms with Gasteiger partial charge in [-0.25, -0.2) is 18.4 Å². The summed E-state index contributed by atoms with van der Waals surface area (Å²) in [6.07, 6.45) is 2.58. The van der Waals surface area contributed by atoms with E-state index in [2.05, 4.69) is 25.0 Å². The first-order valence-corrected chi connectivity index (χ1v) is 8.99. The molecule has 30 heavy (non-hydrogen) atoms. The third kappa shape index (κ3) is 4.58. The molecular formula is C18H16F4N6O2. The molecule has 0 radical (unpaired) electrons. The van der Waals surface area contributed by atoms with Gasteiger partial charge in [-0.05, 0) is 24.6 Å². The van der Waals surface area contributed by atoms with Gasteiger partial charge in [0.05, 0.1) is 18.4 Å². The summed E-state index contributed by atoms with van der Waals surface area (Å²) in [5, 5.41) is 7.79. The van der Waals surface area contributed by atoms with Crippen molar-refractivity contribution in [2.45, 2.75) is 25.8 Å². The third-order valence-electron chi connectivity index (χ3n) is 4.36. The first-order chi connectivity index (χ1) is 14.5. The zero-order valence-corrected chi connectivity index (χ0v) is 15.5. The van der Waals surface area contributed by atoms with Crippen LogP contribution < -0.4 is 14.4 Å². The third-order valence-corrected chi connectivity index (χ3v) is 4.36. The Bertz CT molecular complexity index is 1020. The van der Waals surface area contributed by atoms with Gasteiger partial charge in [-0.3, -0.25) is 0 Å². The predicted molar refractivity (Wildman–Crippen MR) is 96.0 cm³/mol. The first-order valence-electron chi connectivity index (χ1n) is 8.99. The predicted octanol–water partition coefficient (Wildman–Crippen LogP) is 2.93. The minimum atomic E-state index is -3.15.